The van der Waals surface area contributed by atoms with Crippen LogP contribution in [-0.4, -0.2) is 26.2 Å². The van der Waals surface area contributed by atoms with Crippen LogP contribution in [0.2, 0.25) is 0 Å². The summed E-state index contributed by atoms with van der Waals surface area (Å²) in [5, 5.41) is 0. The Morgan fingerprint density at radius 2 is 1.72 bits per heavy atom. The SMILES string of the molecule is COC(=O)C1=CN(Cc2ccccc2)c2cc(C(=O)OC)ccc2O1. The van der Waals surface area contributed by atoms with Crippen molar-refractivity contribution in [3.63, 3.8) is 0 Å². The van der Waals surface area contributed by atoms with Crippen LogP contribution in [0.25, 0.3) is 0 Å². The zero-order chi connectivity index (χ0) is 17.8. The summed E-state index contributed by atoms with van der Waals surface area (Å²) < 4.78 is 15.1. The summed E-state index contributed by atoms with van der Waals surface area (Å²) in [4.78, 5) is 25.5. The minimum Gasteiger partial charge on any atom is -0.465 e. The lowest BCUT2D eigenvalue weighted by atomic mass is 10.1. The Balaban J connectivity index is 2.01. The van der Waals surface area contributed by atoms with Crippen molar-refractivity contribution < 1.29 is 23.8 Å². The lowest BCUT2D eigenvalue weighted by molar-refractivity contribution is -0.138. The lowest BCUT2D eigenvalue weighted by Crippen LogP contribution is -2.25. The first-order chi connectivity index (χ1) is 12.1. The van der Waals surface area contributed by atoms with Gasteiger partial charge >= 0.3 is 11.9 Å². The molecule has 0 aliphatic carbocycles. The molecule has 0 aromatic heterocycles. The van der Waals surface area contributed by atoms with Gasteiger partial charge in [-0.15, -0.1) is 0 Å². The van der Waals surface area contributed by atoms with E-state index in [2.05, 4.69) is 0 Å². The van der Waals surface area contributed by atoms with Gasteiger partial charge in [0.2, 0.25) is 5.76 Å². The molecule has 0 N–H and O–H groups in total. The maximum absolute atomic E-state index is 11.9. The second-order valence-corrected chi connectivity index (χ2v) is 5.37. The minimum absolute atomic E-state index is 0.0803. The fraction of sp³-hybridized carbons (Fsp3) is 0.158. The van der Waals surface area contributed by atoms with Gasteiger partial charge in [-0.3, -0.25) is 0 Å². The van der Waals surface area contributed by atoms with Gasteiger partial charge in [0, 0.05) is 6.54 Å². The number of ether oxygens (including phenoxy) is 3. The molecule has 2 aromatic rings. The average molecular weight is 339 g/mol. The summed E-state index contributed by atoms with van der Waals surface area (Å²) in [7, 11) is 2.62. The Hall–Kier alpha value is -3.28. The minimum atomic E-state index is -0.569. The van der Waals surface area contributed by atoms with Gasteiger partial charge in [0.25, 0.3) is 0 Å². The highest BCUT2D eigenvalue weighted by Crippen LogP contribution is 2.36. The Morgan fingerprint density at radius 3 is 2.40 bits per heavy atom. The second-order valence-electron chi connectivity index (χ2n) is 5.37. The van der Waals surface area contributed by atoms with Crippen molar-refractivity contribution >= 4 is 17.6 Å². The zero-order valence-electron chi connectivity index (χ0n) is 13.9. The van der Waals surface area contributed by atoms with Crippen molar-refractivity contribution in [1.82, 2.24) is 0 Å². The van der Waals surface area contributed by atoms with Gasteiger partial charge in [0.15, 0.2) is 5.75 Å². The number of nitrogens with zero attached hydrogens (tertiary/aromatic N) is 1. The molecular formula is C19H17NO5. The van der Waals surface area contributed by atoms with Crippen LogP contribution in [0.3, 0.4) is 0 Å². The standard InChI is InChI=1S/C19H17NO5/c1-23-18(21)14-8-9-16-15(10-14)20(11-13-6-4-3-5-7-13)12-17(25-16)19(22)24-2/h3-10,12H,11H2,1-2H3. The van der Waals surface area contributed by atoms with E-state index < -0.39 is 11.9 Å². The molecule has 1 aliphatic rings. The molecule has 0 unspecified atom stereocenters. The summed E-state index contributed by atoms with van der Waals surface area (Å²) in [5.74, 6) is -0.464. The lowest BCUT2D eigenvalue weighted by Gasteiger charge is -2.28. The number of carbonyl (C=O) groups is 2. The van der Waals surface area contributed by atoms with Crippen molar-refractivity contribution in [2.75, 3.05) is 19.1 Å². The smallest absolute Gasteiger partial charge is 0.375 e. The quantitative estimate of drug-likeness (QED) is 0.798. The Bertz CT molecular complexity index is 829. The zero-order valence-corrected chi connectivity index (χ0v) is 13.9. The van der Waals surface area contributed by atoms with Crippen LogP contribution in [0.4, 0.5) is 5.69 Å². The summed E-state index contributed by atoms with van der Waals surface area (Å²) in [6.45, 7) is 0.502. The van der Waals surface area contributed by atoms with Crippen LogP contribution in [0.1, 0.15) is 15.9 Å². The van der Waals surface area contributed by atoms with E-state index in [0.717, 1.165) is 5.56 Å². The van der Waals surface area contributed by atoms with Gasteiger partial charge < -0.3 is 19.1 Å². The molecule has 3 rings (SSSR count). The number of carbonyl (C=O) groups excluding carboxylic acids is 2. The molecule has 0 atom stereocenters. The van der Waals surface area contributed by atoms with Crippen LogP contribution in [0.15, 0.2) is 60.5 Å². The summed E-state index contributed by atoms with van der Waals surface area (Å²) in [6, 6.07) is 14.7. The first-order valence-electron chi connectivity index (χ1n) is 7.63. The van der Waals surface area contributed by atoms with E-state index in [0.29, 0.717) is 23.5 Å². The monoisotopic (exact) mass is 339 g/mol. The van der Waals surface area contributed by atoms with Gasteiger partial charge in [-0.05, 0) is 23.8 Å². The van der Waals surface area contributed by atoms with Crippen molar-refractivity contribution in [3.8, 4) is 5.75 Å². The molecule has 0 fully saturated rings. The number of esters is 2. The van der Waals surface area contributed by atoms with Crippen molar-refractivity contribution in [1.29, 1.82) is 0 Å². The highest BCUT2D eigenvalue weighted by Gasteiger charge is 2.25. The highest BCUT2D eigenvalue weighted by molar-refractivity contribution is 5.93. The average Bonchev–Trinajstić information content (AvgIpc) is 2.67. The molecule has 0 bridgehead atoms. The summed E-state index contributed by atoms with van der Waals surface area (Å²) in [5.41, 5.74) is 2.11. The molecule has 1 aliphatic heterocycles. The number of hydrogen-bond donors (Lipinski definition) is 0. The van der Waals surface area contributed by atoms with Crippen LogP contribution >= 0.6 is 0 Å². The third-order valence-corrected chi connectivity index (χ3v) is 3.76. The van der Waals surface area contributed by atoms with Crippen LogP contribution in [0, 0.1) is 0 Å². The molecule has 0 amide bonds. The molecular weight excluding hydrogens is 322 g/mol. The van der Waals surface area contributed by atoms with Gasteiger partial charge in [-0.1, -0.05) is 30.3 Å². The van der Waals surface area contributed by atoms with Gasteiger partial charge in [-0.25, -0.2) is 9.59 Å². The number of anilines is 1. The van der Waals surface area contributed by atoms with E-state index >= 15 is 0 Å². The Kier molecular flexibility index (Phi) is 4.70. The summed E-state index contributed by atoms with van der Waals surface area (Å²) >= 11 is 0. The first kappa shape index (κ1) is 16.6. The molecule has 0 saturated carbocycles. The van der Waals surface area contributed by atoms with E-state index in [1.807, 2.05) is 35.2 Å². The number of fused-ring (bicyclic) bond motifs is 1. The van der Waals surface area contributed by atoms with Gasteiger partial charge in [0.05, 0.1) is 31.7 Å². The number of benzene rings is 2. The van der Waals surface area contributed by atoms with E-state index in [1.165, 1.54) is 14.2 Å². The number of hydrogen-bond acceptors (Lipinski definition) is 6. The normalized spacial score (nSPS) is 12.6. The fourth-order valence-electron chi connectivity index (χ4n) is 2.53. The molecule has 1 heterocycles. The third-order valence-electron chi connectivity index (χ3n) is 3.76. The number of rotatable bonds is 4. The Morgan fingerprint density at radius 1 is 1.00 bits per heavy atom. The largest absolute Gasteiger partial charge is 0.465 e. The topological polar surface area (TPSA) is 65.1 Å². The molecule has 0 spiro atoms. The predicted molar refractivity (Wildman–Crippen MR) is 91.1 cm³/mol. The predicted octanol–water partition coefficient (Wildman–Crippen LogP) is 2.89. The van der Waals surface area contributed by atoms with Gasteiger partial charge in [-0.2, -0.15) is 0 Å². The molecule has 6 nitrogen and oxygen atoms in total. The Labute approximate surface area is 145 Å². The van der Waals surface area contributed by atoms with E-state index in [-0.39, 0.29) is 5.76 Å². The van der Waals surface area contributed by atoms with Crippen LogP contribution < -0.4 is 9.64 Å². The third kappa shape index (κ3) is 3.47. The summed E-state index contributed by atoms with van der Waals surface area (Å²) in [6.07, 6.45) is 1.57. The highest BCUT2D eigenvalue weighted by atomic mass is 16.6. The fourth-order valence-corrected chi connectivity index (χ4v) is 2.53. The molecule has 6 heteroatoms. The van der Waals surface area contributed by atoms with Crippen molar-refractivity contribution in [2.45, 2.75) is 6.54 Å². The maximum atomic E-state index is 11.9. The van der Waals surface area contributed by atoms with E-state index in [1.54, 1.807) is 24.4 Å². The molecule has 0 saturated heterocycles. The van der Waals surface area contributed by atoms with Gasteiger partial charge in [0.1, 0.15) is 0 Å². The van der Waals surface area contributed by atoms with Crippen LogP contribution in [-0.2, 0) is 20.8 Å². The van der Waals surface area contributed by atoms with Crippen molar-refractivity contribution in [2.24, 2.45) is 0 Å². The van der Waals surface area contributed by atoms with E-state index in [4.69, 9.17) is 14.2 Å². The molecule has 128 valence electrons. The molecule has 2 aromatic carbocycles. The molecule has 25 heavy (non-hydrogen) atoms. The van der Waals surface area contributed by atoms with Crippen LogP contribution in [0.5, 0.6) is 5.75 Å². The number of methoxy groups -OCH3 is 2. The van der Waals surface area contributed by atoms with Crippen molar-refractivity contribution in [3.05, 3.63) is 71.6 Å². The second kappa shape index (κ2) is 7.09. The van der Waals surface area contributed by atoms with E-state index in [9.17, 15) is 9.59 Å². The molecule has 0 radical (unpaired) electrons. The first-order valence-corrected chi connectivity index (χ1v) is 7.63. The maximum Gasteiger partial charge on any atom is 0.375 e.